The van der Waals surface area contributed by atoms with Gasteiger partial charge in [-0.25, -0.2) is 4.98 Å². The molecular weight excluding hydrogens is 284 g/mol. The number of nitrogens with zero attached hydrogens (tertiary/aromatic N) is 1. The van der Waals surface area contributed by atoms with Crippen LogP contribution in [0.25, 0.3) is 0 Å². The van der Waals surface area contributed by atoms with Gasteiger partial charge in [-0.1, -0.05) is 0 Å². The van der Waals surface area contributed by atoms with E-state index in [-0.39, 0.29) is 17.6 Å². The highest BCUT2D eigenvalue weighted by molar-refractivity contribution is 7.14. The minimum Gasteiger partial charge on any atom is -0.366 e. The summed E-state index contributed by atoms with van der Waals surface area (Å²) in [7, 11) is 0. The number of carbonyl (C=O) groups is 2. The van der Waals surface area contributed by atoms with E-state index in [0.717, 1.165) is 0 Å². The smallest absolute Gasteiger partial charge is 0.275 e. The molecule has 5 N–H and O–H groups in total. The molecule has 2 aromatic heterocycles. The Morgan fingerprint density at radius 1 is 1.42 bits per heavy atom. The van der Waals surface area contributed by atoms with Gasteiger partial charge in [-0.15, -0.1) is 22.7 Å². The first kappa shape index (κ1) is 13.7. The first-order chi connectivity index (χ1) is 8.99. The normalized spacial score (nSPS) is 12.1. The van der Waals surface area contributed by atoms with Gasteiger partial charge in [0, 0.05) is 5.38 Å². The summed E-state index contributed by atoms with van der Waals surface area (Å²) in [6, 6.07) is 1.35. The lowest BCUT2D eigenvalue weighted by atomic mass is 10.3. The SMILES string of the molecule is CC(N)c1nc(C(=O)Nc2sccc2C(N)=O)cs1. The molecule has 0 saturated heterocycles. The monoisotopic (exact) mass is 296 g/mol. The first-order valence-electron chi connectivity index (χ1n) is 5.38. The molecule has 6 nitrogen and oxygen atoms in total. The van der Waals surface area contributed by atoms with E-state index in [9.17, 15) is 9.59 Å². The van der Waals surface area contributed by atoms with Crippen LogP contribution >= 0.6 is 22.7 Å². The molecule has 0 aliphatic carbocycles. The molecule has 0 aliphatic heterocycles. The first-order valence-corrected chi connectivity index (χ1v) is 7.14. The van der Waals surface area contributed by atoms with Crippen molar-refractivity contribution in [3.05, 3.63) is 33.1 Å². The summed E-state index contributed by atoms with van der Waals surface area (Å²) in [5, 5.41) is 7.05. The van der Waals surface area contributed by atoms with Gasteiger partial charge in [0.15, 0.2) is 0 Å². The van der Waals surface area contributed by atoms with Crippen molar-refractivity contribution < 1.29 is 9.59 Å². The highest BCUT2D eigenvalue weighted by atomic mass is 32.1. The van der Waals surface area contributed by atoms with Crippen LogP contribution in [0.2, 0.25) is 0 Å². The van der Waals surface area contributed by atoms with Crippen LogP contribution in [0.4, 0.5) is 5.00 Å². The van der Waals surface area contributed by atoms with Crippen LogP contribution in [0.3, 0.4) is 0 Å². The third-order valence-corrected chi connectivity index (χ3v) is 4.18. The Labute approximate surface area is 117 Å². The van der Waals surface area contributed by atoms with Gasteiger partial charge in [-0.05, 0) is 18.4 Å². The van der Waals surface area contributed by atoms with Crippen molar-refractivity contribution >= 4 is 39.5 Å². The zero-order valence-electron chi connectivity index (χ0n) is 10.0. The Morgan fingerprint density at radius 2 is 2.16 bits per heavy atom. The fourth-order valence-corrected chi connectivity index (χ4v) is 2.91. The van der Waals surface area contributed by atoms with Gasteiger partial charge in [0.1, 0.15) is 15.7 Å². The molecule has 0 saturated carbocycles. The number of thiazole rings is 1. The van der Waals surface area contributed by atoms with Gasteiger partial charge in [0.2, 0.25) is 0 Å². The number of hydrogen-bond acceptors (Lipinski definition) is 6. The number of rotatable bonds is 4. The number of carbonyl (C=O) groups excluding carboxylic acids is 2. The van der Waals surface area contributed by atoms with Crippen LogP contribution < -0.4 is 16.8 Å². The van der Waals surface area contributed by atoms with Gasteiger partial charge < -0.3 is 16.8 Å². The van der Waals surface area contributed by atoms with Crippen molar-refractivity contribution in [3.8, 4) is 0 Å². The molecule has 2 amide bonds. The number of thiophene rings is 1. The molecule has 2 heterocycles. The van der Waals surface area contributed by atoms with Gasteiger partial charge >= 0.3 is 0 Å². The number of primary amides is 1. The molecule has 0 spiro atoms. The average Bonchev–Trinajstić information content (AvgIpc) is 2.96. The third kappa shape index (κ3) is 2.98. The highest BCUT2D eigenvalue weighted by Gasteiger charge is 2.16. The van der Waals surface area contributed by atoms with Crippen molar-refractivity contribution in [1.29, 1.82) is 0 Å². The average molecular weight is 296 g/mol. The number of anilines is 1. The molecule has 0 aromatic carbocycles. The summed E-state index contributed by atoms with van der Waals surface area (Å²) in [5.41, 5.74) is 11.5. The Morgan fingerprint density at radius 3 is 2.74 bits per heavy atom. The van der Waals surface area contributed by atoms with E-state index in [1.807, 2.05) is 0 Å². The van der Waals surface area contributed by atoms with Gasteiger partial charge in [-0.3, -0.25) is 9.59 Å². The van der Waals surface area contributed by atoms with Crippen LogP contribution in [-0.4, -0.2) is 16.8 Å². The maximum atomic E-state index is 12.0. The lowest BCUT2D eigenvalue weighted by Gasteiger charge is -2.02. The highest BCUT2D eigenvalue weighted by Crippen LogP contribution is 2.24. The number of nitrogens with one attached hydrogen (secondary N) is 1. The Bertz CT molecular complexity index is 618. The van der Waals surface area contributed by atoms with Crippen molar-refractivity contribution in [1.82, 2.24) is 4.98 Å². The second-order valence-corrected chi connectivity index (χ2v) is 5.65. The Hall–Kier alpha value is -1.77. The van der Waals surface area contributed by atoms with Crippen molar-refractivity contribution in [2.24, 2.45) is 11.5 Å². The van der Waals surface area contributed by atoms with Gasteiger partial charge in [0.05, 0.1) is 11.6 Å². The van der Waals surface area contributed by atoms with E-state index < -0.39 is 5.91 Å². The molecular formula is C11H12N4O2S2. The zero-order valence-corrected chi connectivity index (χ0v) is 11.7. The second-order valence-electron chi connectivity index (χ2n) is 3.84. The summed E-state index contributed by atoms with van der Waals surface area (Å²) in [5.74, 6) is -0.959. The van der Waals surface area contributed by atoms with E-state index >= 15 is 0 Å². The fraction of sp³-hybridized carbons (Fsp3) is 0.182. The van der Waals surface area contributed by atoms with Crippen LogP contribution in [0.15, 0.2) is 16.8 Å². The molecule has 19 heavy (non-hydrogen) atoms. The molecule has 100 valence electrons. The van der Waals surface area contributed by atoms with Crippen LogP contribution in [0, 0.1) is 0 Å². The Balaban J connectivity index is 2.16. The molecule has 2 rings (SSSR count). The predicted molar refractivity (Wildman–Crippen MR) is 75.5 cm³/mol. The van der Waals surface area contributed by atoms with Crippen LogP contribution in [0.1, 0.15) is 38.8 Å². The molecule has 0 radical (unpaired) electrons. The molecule has 0 aliphatic rings. The van der Waals surface area contributed by atoms with Crippen LogP contribution in [-0.2, 0) is 0 Å². The summed E-state index contributed by atoms with van der Waals surface area (Å²) in [6.07, 6.45) is 0. The van der Waals surface area contributed by atoms with E-state index in [4.69, 9.17) is 11.5 Å². The lowest BCUT2D eigenvalue weighted by molar-refractivity contribution is 0.100. The summed E-state index contributed by atoms with van der Waals surface area (Å²) >= 11 is 2.56. The molecule has 0 bridgehead atoms. The summed E-state index contributed by atoms with van der Waals surface area (Å²) in [4.78, 5) is 27.2. The molecule has 1 atom stereocenters. The van der Waals surface area contributed by atoms with Gasteiger partial charge in [0.25, 0.3) is 11.8 Å². The van der Waals surface area contributed by atoms with E-state index in [1.54, 1.807) is 23.8 Å². The number of nitrogens with two attached hydrogens (primary N) is 2. The minimum absolute atomic E-state index is 0.213. The quantitative estimate of drug-likeness (QED) is 0.795. The summed E-state index contributed by atoms with van der Waals surface area (Å²) in [6.45, 7) is 1.80. The van der Waals surface area contributed by atoms with Gasteiger partial charge in [-0.2, -0.15) is 0 Å². The second kappa shape index (κ2) is 5.47. The summed E-state index contributed by atoms with van der Waals surface area (Å²) < 4.78 is 0. The number of aromatic nitrogens is 1. The maximum absolute atomic E-state index is 12.0. The Kier molecular flexibility index (Phi) is 3.93. The molecule has 8 heteroatoms. The standard InChI is InChI=1S/C11H12N4O2S2/c1-5(12)10-14-7(4-19-10)9(17)15-11-6(8(13)16)2-3-18-11/h2-5H,12H2,1H3,(H2,13,16)(H,15,17). The number of amides is 2. The fourth-order valence-electron chi connectivity index (χ4n) is 1.37. The van der Waals surface area contributed by atoms with E-state index in [0.29, 0.717) is 15.6 Å². The predicted octanol–water partition coefficient (Wildman–Crippen LogP) is 1.58. The largest absolute Gasteiger partial charge is 0.366 e. The topological polar surface area (TPSA) is 111 Å². The zero-order chi connectivity index (χ0) is 14.0. The molecule has 0 fully saturated rings. The van der Waals surface area contributed by atoms with Crippen molar-refractivity contribution in [3.63, 3.8) is 0 Å². The minimum atomic E-state index is -0.578. The van der Waals surface area contributed by atoms with E-state index in [1.165, 1.54) is 22.7 Å². The third-order valence-electron chi connectivity index (χ3n) is 2.30. The van der Waals surface area contributed by atoms with E-state index in [2.05, 4.69) is 10.3 Å². The van der Waals surface area contributed by atoms with Crippen molar-refractivity contribution in [2.45, 2.75) is 13.0 Å². The molecule has 1 unspecified atom stereocenters. The van der Waals surface area contributed by atoms with Crippen LogP contribution in [0.5, 0.6) is 0 Å². The number of hydrogen-bond donors (Lipinski definition) is 3. The lowest BCUT2D eigenvalue weighted by Crippen LogP contribution is -2.17. The maximum Gasteiger partial charge on any atom is 0.275 e. The molecule has 2 aromatic rings. The van der Waals surface area contributed by atoms with Crippen molar-refractivity contribution in [2.75, 3.05) is 5.32 Å².